The van der Waals surface area contributed by atoms with Crippen molar-refractivity contribution < 1.29 is 5.11 Å². The molecule has 1 aliphatic heterocycles. The smallest absolute Gasteiger partial charge is 0.0772 e. The molecule has 0 spiro atoms. The molecule has 2 atom stereocenters. The van der Waals surface area contributed by atoms with Crippen LogP contribution in [0.4, 0.5) is 0 Å². The number of hydrogen-bond acceptors (Lipinski definition) is 5. The molecule has 0 radical (unpaired) electrons. The Hall–Kier alpha value is -0.900. The Morgan fingerprint density at radius 2 is 2.30 bits per heavy atom. The van der Waals surface area contributed by atoms with E-state index in [1.807, 2.05) is 0 Å². The Balaban J connectivity index is 1.98. The number of nitrogens with zero attached hydrogens (tertiary/aromatic N) is 2. The van der Waals surface area contributed by atoms with Crippen LogP contribution >= 0.6 is 11.3 Å². The summed E-state index contributed by atoms with van der Waals surface area (Å²) >= 11 is 1.72. The number of β-amino-alcohol motifs (C(OH)–C–C–N with tert-alkyl or cyclic N) is 1. The average molecular weight is 293 g/mol. The van der Waals surface area contributed by atoms with Gasteiger partial charge in [0.25, 0.3) is 0 Å². The molecule has 1 fully saturated rings. The molecule has 110 valence electrons. The molecular formula is C15H23N3OS. The van der Waals surface area contributed by atoms with Crippen LogP contribution < -0.4 is 5.73 Å². The summed E-state index contributed by atoms with van der Waals surface area (Å²) in [5.74, 6) is 5.95. The molecule has 1 aliphatic rings. The number of thiophene rings is 1. The lowest BCUT2D eigenvalue weighted by Crippen LogP contribution is -2.36. The summed E-state index contributed by atoms with van der Waals surface area (Å²) in [6.07, 6.45) is 0.667. The molecule has 4 nitrogen and oxygen atoms in total. The van der Waals surface area contributed by atoms with Crippen LogP contribution in [0, 0.1) is 11.8 Å². The first kappa shape index (κ1) is 15.5. The average Bonchev–Trinajstić information content (AvgIpc) is 2.94. The van der Waals surface area contributed by atoms with Crippen LogP contribution in [0.25, 0.3) is 0 Å². The number of hydrogen-bond donors (Lipinski definition) is 2. The van der Waals surface area contributed by atoms with Gasteiger partial charge in [0, 0.05) is 30.6 Å². The van der Waals surface area contributed by atoms with E-state index in [1.54, 1.807) is 11.3 Å². The Labute approximate surface area is 125 Å². The molecule has 0 amide bonds. The topological polar surface area (TPSA) is 52.7 Å². The van der Waals surface area contributed by atoms with E-state index < -0.39 is 0 Å². The zero-order chi connectivity index (χ0) is 14.5. The highest BCUT2D eigenvalue weighted by Crippen LogP contribution is 2.24. The van der Waals surface area contributed by atoms with Crippen molar-refractivity contribution in [2.24, 2.45) is 5.73 Å². The monoisotopic (exact) mass is 293 g/mol. The standard InChI is InChI=1S/C15H23N3OS/c1-17(2)9-12-8-13(19)10-18(12)11-15-6-5-14(20-15)4-3-7-16/h5-6,12-13,19H,7-11,16H2,1-2H3. The second-order valence-corrected chi connectivity index (χ2v) is 6.68. The van der Waals surface area contributed by atoms with Gasteiger partial charge in [0.15, 0.2) is 0 Å². The fraction of sp³-hybridized carbons (Fsp3) is 0.600. The zero-order valence-corrected chi connectivity index (χ0v) is 13.0. The highest BCUT2D eigenvalue weighted by molar-refractivity contribution is 7.12. The largest absolute Gasteiger partial charge is 0.392 e. The van der Waals surface area contributed by atoms with Crippen LogP contribution in [0.1, 0.15) is 16.2 Å². The Morgan fingerprint density at radius 3 is 3.00 bits per heavy atom. The quantitative estimate of drug-likeness (QED) is 0.796. The molecule has 2 heterocycles. The van der Waals surface area contributed by atoms with Gasteiger partial charge in [-0.2, -0.15) is 0 Å². The predicted octanol–water partition coefficient (Wildman–Crippen LogP) is 0.555. The fourth-order valence-electron chi connectivity index (χ4n) is 2.63. The molecule has 0 bridgehead atoms. The van der Waals surface area contributed by atoms with Gasteiger partial charge in [0.2, 0.25) is 0 Å². The van der Waals surface area contributed by atoms with Gasteiger partial charge in [-0.3, -0.25) is 4.90 Å². The van der Waals surface area contributed by atoms with Gasteiger partial charge in [0.05, 0.1) is 17.5 Å². The second kappa shape index (κ2) is 7.21. The normalized spacial score (nSPS) is 23.1. The van der Waals surface area contributed by atoms with Crippen molar-refractivity contribution in [1.82, 2.24) is 9.80 Å². The number of aliphatic hydroxyl groups excluding tert-OH is 1. The number of aliphatic hydroxyl groups is 1. The Kier molecular flexibility index (Phi) is 5.58. The number of rotatable bonds is 4. The Bertz CT molecular complexity index is 489. The van der Waals surface area contributed by atoms with Gasteiger partial charge in [-0.15, -0.1) is 11.3 Å². The maximum Gasteiger partial charge on any atom is 0.0772 e. The predicted molar refractivity (Wildman–Crippen MR) is 83.6 cm³/mol. The molecular weight excluding hydrogens is 270 g/mol. The summed E-state index contributed by atoms with van der Waals surface area (Å²) in [6, 6.07) is 4.61. The second-order valence-electron chi connectivity index (χ2n) is 5.51. The maximum absolute atomic E-state index is 9.89. The van der Waals surface area contributed by atoms with E-state index in [0.29, 0.717) is 12.6 Å². The van der Waals surface area contributed by atoms with Crippen molar-refractivity contribution in [2.45, 2.75) is 25.1 Å². The summed E-state index contributed by atoms with van der Waals surface area (Å²) in [4.78, 5) is 6.91. The lowest BCUT2D eigenvalue weighted by Gasteiger charge is -2.26. The Morgan fingerprint density at radius 1 is 1.50 bits per heavy atom. The third-order valence-electron chi connectivity index (χ3n) is 3.42. The summed E-state index contributed by atoms with van der Waals surface area (Å²) in [7, 11) is 4.16. The molecule has 1 aromatic rings. The molecule has 2 rings (SSSR count). The molecule has 20 heavy (non-hydrogen) atoms. The number of nitrogens with two attached hydrogens (primary N) is 1. The summed E-state index contributed by atoms with van der Waals surface area (Å²) in [6.45, 7) is 3.05. The van der Waals surface area contributed by atoms with Crippen molar-refractivity contribution in [1.29, 1.82) is 0 Å². The van der Waals surface area contributed by atoms with Crippen molar-refractivity contribution >= 4 is 11.3 Å². The minimum absolute atomic E-state index is 0.198. The zero-order valence-electron chi connectivity index (χ0n) is 12.2. The van der Waals surface area contributed by atoms with Gasteiger partial charge in [-0.05, 0) is 32.6 Å². The first-order chi connectivity index (χ1) is 9.58. The summed E-state index contributed by atoms with van der Waals surface area (Å²) in [5, 5.41) is 9.89. The van der Waals surface area contributed by atoms with Crippen molar-refractivity contribution in [2.75, 3.05) is 33.7 Å². The SMILES string of the molecule is CN(C)CC1CC(O)CN1Cc1ccc(C#CCN)s1. The molecule has 1 saturated heterocycles. The van der Waals surface area contributed by atoms with E-state index in [9.17, 15) is 5.11 Å². The molecule has 2 unspecified atom stereocenters. The molecule has 0 saturated carbocycles. The molecule has 1 aromatic heterocycles. The van der Waals surface area contributed by atoms with Crippen molar-refractivity contribution in [3.05, 3.63) is 21.9 Å². The van der Waals surface area contributed by atoms with Crippen LogP contribution in [0.3, 0.4) is 0 Å². The van der Waals surface area contributed by atoms with E-state index in [1.165, 1.54) is 4.88 Å². The van der Waals surface area contributed by atoms with E-state index in [0.717, 1.165) is 30.9 Å². The lowest BCUT2D eigenvalue weighted by molar-refractivity contribution is 0.170. The fourth-order valence-corrected chi connectivity index (χ4v) is 3.54. The van der Waals surface area contributed by atoms with Gasteiger partial charge in [0.1, 0.15) is 0 Å². The minimum Gasteiger partial charge on any atom is -0.392 e. The third kappa shape index (κ3) is 4.30. The third-order valence-corrected chi connectivity index (χ3v) is 4.40. The first-order valence-corrected chi connectivity index (χ1v) is 7.74. The van der Waals surface area contributed by atoms with Crippen LogP contribution in [0.5, 0.6) is 0 Å². The maximum atomic E-state index is 9.89. The first-order valence-electron chi connectivity index (χ1n) is 6.93. The van der Waals surface area contributed by atoms with E-state index >= 15 is 0 Å². The van der Waals surface area contributed by atoms with Crippen LogP contribution in [-0.2, 0) is 6.54 Å². The van der Waals surface area contributed by atoms with Crippen LogP contribution in [-0.4, -0.2) is 60.8 Å². The molecule has 0 aliphatic carbocycles. The number of likely N-dealkylation sites (N-methyl/N-ethyl adjacent to an activating group) is 1. The summed E-state index contributed by atoms with van der Waals surface area (Å²) in [5.41, 5.74) is 5.39. The highest BCUT2D eigenvalue weighted by Gasteiger charge is 2.31. The van der Waals surface area contributed by atoms with Gasteiger partial charge < -0.3 is 15.7 Å². The summed E-state index contributed by atoms with van der Waals surface area (Å²) < 4.78 is 0. The van der Waals surface area contributed by atoms with Gasteiger partial charge in [-0.25, -0.2) is 0 Å². The van der Waals surface area contributed by atoms with Gasteiger partial charge >= 0.3 is 0 Å². The van der Waals surface area contributed by atoms with Crippen molar-refractivity contribution in [3.63, 3.8) is 0 Å². The van der Waals surface area contributed by atoms with Crippen molar-refractivity contribution in [3.8, 4) is 11.8 Å². The van der Waals surface area contributed by atoms with Crippen LogP contribution in [0.15, 0.2) is 12.1 Å². The molecule has 5 heteroatoms. The lowest BCUT2D eigenvalue weighted by atomic mass is 10.2. The van der Waals surface area contributed by atoms with Gasteiger partial charge in [-0.1, -0.05) is 11.8 Å². The molecule has 3 N–H and O–H groups in total. The van der Waals surface area contributed by atoms with E-state index in [-0.39, 0.29) is 6.10 Å². The molecule has 0 aromatic carbocycles. The minimum atomic E-state index is -0.198. The highest BCUT2D eigenvalue weighted by atomic mass is 32.1. The number of likely N-dealkylation sites (tertiary alicyclic amines) is 1. The van der Waals surface area contributed by atoms with Crippen LogP contribution in [0.2, 0.25) is 0 Å². The van der Waals surface area contributed by atoms with E-state index in [4.69, 9.17) is 5.73 Å². The van der Waals surface area contributed by atoms with E-state index in [2.05, 4.69) is 47.9 Å².